The number of hydrogen-bond acceptors (Lipinski definition) is 4. The summed E-state index contributed by atoms with van der Waals surface area (Å²) in [6.45, 7) is 1.43. The van der Waals surface area contributed by atoms with Crippen LogP contribution in [-0.4, -0.2) is 27.8 Å². The number of rotatable bonds is 5. The molecule has 126 valence electrons. The van der Waals surface area contributed by atoms with Crippen LogP contribution in [0.3, 0.4) is 0 Å². The van der Waals surface area contributed by atoms with Crippen molar-refractivity contribution in [3.8, 4) is 16.9 Å². The molecule has 2 N–H and O–H groups in total. The summed E-state index contributed by atoms with van der Waals surface area (Å²) < 4.78 is 6.63. The molecule has 0 spiro atoms. The Morgan fingerprint density at radius 1 is 1.04 bits per heavy atom. The Bertz CT molecular complexity index is 889. The topological polar surface area (TPSA) is 87.2 Å². The normalized spacial score (nSPS) is 11.7. The summed E-state index contributed by atoms with van der Waals surface area (Å²) in [5.41, 5.74) is 7.60. The molecule has 0 saturated carbocycles. The number of benzene rings is 2. The number of aromatic nitrogens is 2. The minimum Gasteiger partial charge on any atom is -0.448 e. The molecule has 1 aromatic heterocycles. The van der Waals surface area contributed by atoms with E-state index in [9.17, 15) is 9.59 Å². The van der Waals surface area contributed by atoms with E-state index in [1.54, 1.807) is 6.07 Å². The second kappa shape index (κ2) is 7.00. The lowest BCUT2D eigenvalue weighted by Gasteiger charge is -2.10. The van der Waals surface area contributed by atoms with Crippen molar-refractivity contribution in [3.05, 3.63) is 72.4 Å². The number of nitrogens with zero attached hydrogens (tertiary/aromatic N) is 2. The van der Waals surface area contributed by atoms with Crippen molar-refractivity contribution in [2.45, 2.75) is 13.0 Å². The fourth-order valence-electron chi connectivity index (χ4n) is 2.32. The number of carbonyl (C=O) groups is 2. The summed E-state index contributed by atoms with van der Waals surface area (Å²) in [5, 5.41) is 4.52. The summed E-state index contributed by atoms with van der Waals surface area (Å²) in [7, 11) is 0. The van der Waals surface area contributed by atoms with Gasteiger partial charge in [0.1, 0.15) is 0 Å². The largest absolute Gasteiger partial charge is 0.448 e. The maximum absolute atomic E-state index is 12.5. The first-order valence-electron chi connectivity index (χ1n) is 7.77. The van der Waals surface area contributed by atoms with Gasteiger partial charge in [-0.1, -0.05) is 48.5 Å². The van der Waals surface area contributed by atoms with Crippen LogP contribution < -0.4 is 5.73 Å². The van der Waals surface area contributed by atoms with Crippen LogP contribution in [0.5, 0.6) is 0 Å². The van der Waals surface area contributed by atoms with Crippen LogP contribution in [0.15, 0.2) is 66.7 Å². The second-order valence-corrected chi connectivity index (χ2v) is 5.48. The minimum absolute atomic E-state index is 0.221. The molecule has 3 rings (SSSR count). The number of para-hydroxylation sites is 1. The van der Waals surface area contributed by atoms with Gasteiger partial charge in [-0.15, -0.1) is 0 Å². The van der Waals surface area contributed by atoms with Crippen molar-refractivity contribution in [1.29, 1.82) is 0 Å². The van der Waals surface area contributed by atoms with E-state index in [1.807, 2.05) is 60.7 Å². The number of carbonyl (C=O) groups excluding carboxylic acids is 2. The lowest BCUT2D eigenvalue weighted by Crippen LogP contribution is -2.31. The molecule has 0 aliphatic rings. The smallest absolute Gasteiger partial charge is 0.357 e. The zero-order valence-corrected chi connectivity index (χ0v) is 13.6. The first-order valence-corrected chi connectivity index (χ1v) is 7.77. The van der Waals surface area contributed by atoms with E-state index >= 15 is 0 Å². The van der Waals surface area contributed by atoms with Crippen LogP contribution in [0.1, 0.15) is 17.4 Å². The highest BCUT2D eigenvalue weighted by molar-refractivity contribution is 5.92. The molecule has 6 heteroatoms. The van der Waals surface area contributed by atoms with E-state index in [2.05, 4.69) is 5.10 Å². The molecule has 0 fully saturated rings. The van der Waals surface area contributed by atoms with Gasteiger partial charge < -0.3 is 10.5 Å². The predicted octanol–water partition coefficient (Wildman–Crippen LogP) is 2.57. The van der Waals surface area contributed by atoms with Gasteiger partial charge >= 0.3 is 5.97 Å². The van der Waals surface area contributed by atoms with Crippen molar-refractivity contribution in [2.24, 2.45) is 5.73 Å². The molecule has 0 unspecified atom stereocenters. The Morgan fingerprint density at radius 2 is 1.64 bits per heavy atom. The van der Waals surface area contributed by atoms with Gasteiger partial charge in [-0.2, -0.15) is 5.10 Å². The highest BCUT2D eigenvalue weighted by atomic mass is 16.5. The van der Waals surface area contributed by atoms with Gasteiger partial charge in [0.05, 0.1) is 11.4 Å². The molecule has 2 aromatic carbocycles. The predicted molar refractivity (Wildman–Crippen MR) is 93.1 cm³/mol. The second-order valence-electron chi connectivity index (χ2n) is 5.48. The molecular weight excluding hydrogens is 318 g/mol. The Kier molecular flexibility index (Phi) is 4.61. The fourth-order valence-corrected chi connectivity index (χ4v) is 2.32. The molecule has 1 heterocycles. The van der Waals surface area contributed by atoms with Gasteiger partial charge in [-0.05, 0) is 25.1 Å². The Labute approximate surface area is 144 Å². The SMILES string of the molecule is C[C@H](OC(=O)c1cc(-c2ccccc2)nn1-c1ccccc1)C(N)=O. The average Bonchev–Trinajstić information content (AvgIpc) is 3.08. The highest BCUT2D eigenvalue weighted by Gasteiger charge is 2.22. The zero-order chi connectivity index (χ0) is 17.8. The number of hydrogen-bond donors (Lipinski definition) is 1. The van der Waals surface area contributed by atoms with Gasteiger partial charge in [0.2, 0.25) is 0 Å². The number of esters is 1. The summed E-state index contributed by atoms with van der Waals surface area (Å²) in [4.78, 5) is 23.7. The maximum atomic E-state index is 12.5. The molecular formula is C19H17N3O3. The van der Waals surface area contributed by atoms with Crippen LogP contribution >= 0.6 is 0 Å². The summed E-state index contributed by atoms with van der Waals surface area (Å²) in [6, 6.07) is 20.4. The summed E-state index contributed by atoms with van der Waals surface area (Å²) >= 11 is 0. The van der Waals surface area contributed by atoms with Gasteiger partial charge in [0.25, 0.3) is 5.91 Å². The lowest BCUT2D eigenvalue weighted by molar-refractivity contribution is -0.125. The third-order valence-corrected chi connectivity index (χ3v) is 3.67. The quantitative estimate of drug-likeness (QED) is 0.726. The number of primary amides is 1. The van der Waals surface area contributed by atoms with Crippen LogP contribution in [-0.2, 0) is 9.53 Å². The van der Waals surface area contributed by atoms with Crippen LogP contribution in [0.2, 0.25) is 0 Å². The lowest BCUT2D eigenvalue weighted by atomic mass is 10.1. The van der Waals surface area contributed by atoms with Gasteiger partial charge in [0.15, 0.2) is 11.8 Å². The highest BCUT2D eigenvalue weighted by Crippen LogP contribution is 2.22. The molecule has 0 radical (unpaired) electrons. The van der Waals surface area contributed by atoms with Crippen molar-refractivity contribution >= 4 is 11.9 Å². The summed E-state index contributed by atoms with van der Waals surface area (Å²) in [5.74, 6) is -1.37. The molecule has 0 aliphatic carbocycles. The van der Waals surface area contributed by atoms with E-state index in [0.29, 0.717) is 11.4 Å². The minimum atomic E-state index is -1.02. The molecule has 0 saturated heterocycles. The maximum Gasteiger partial charge on any atom is 0.357 e. The third kappa shape index (κ3) is 3.58. The zero-order valence-electron chi connectivity index (χ0n) is 13.6. The van der Waals surface area contributed by atoms with E-state index in [-0.39, 0.29) is 5.69 Å². The number of amides is 1. The van der Waals surface area contributed by atoms with Crippen LogP contribution in [0.4, 0.5) is 0 Å². The molecule has 1 atom stereocenters. The van der Waals surface area contributed by atoms with Crippen LogP contribution in [0, 0.1) is 0 Å². The first kappa shape index (κ1) is 16.4. The van der Waals surface area contributed by atoms with Gasteiger partial charge in [-0.3, -0.25) is 4.79 Å². The Balaban J connectivity index is 2.05. The molecule has 25 heavy (non-hydrogen) atoms. The van der Waals surface area contributed by atoms with Crippen LogP contribution in [0.25, 0.3) is 16.9 Å². The fraction of sp³-hybridized carbons (Fsp3) is 0.105. The molecule has 6 nitrogen and oxygen atoms in total. The average molecular weight is 335 g/mol. The standard InChI is InChI=1S/C19H17N3O3/c1-13(18(20)23)25-19(24)17-12-16(14-8-4-2-5-9-14)21-22(17)15-10-6-3-7-11-15/h2-13H,1H3,(H2,20,23)/t13-/m0/s1. The van der Waals surface area contributed by atoms with E-state index in [1.165, 1.54) is 11.6 Å². The monoisotopic (exact) mass is 335 g/mol. The molecule has 0 aliphatic heterocycles. The molecule has 1 amide bonds. The van der Waals surface area contributed by atoms with Gasteiger partial charge in [-0.25, -0.2) is 9.48 Å². The summed E-state index contributed by atoms with van der Waals surface area (Å²) in [6.07, 6.45) is -1.02. The third-order valence-electron chi connectivity index (χ3n) is 3.67. The van der Waals surface area contributed by atoms with E-state index in [4.69, 9.17) is 10.5 Å². The molecule has 0 bridgehead atoms. The van der Waals surface area contributed by atoms with E-state index < -0.39 is 18.0 Å². The Hall–Kier alpha value is -3.41. The van der Waals surface area contributed by atoms with Gasteiger partial charge in [0, 0.05) is 5.56 Å². The van der Waals surface area contributed by atoms with Crippen molar-refractivity contribution in [2.75, 3.05) is 0 Å². The Morgan fingerprint density at radius 3 is 2.24 bits per heavy atom. The molecule has 3 aromatic rings. The van der Waals surface area contributed by atoms with Crippen molar-refractivity contribution in [1.82, 2.24) is 9.78 Å². The van der Waals surface area contributed by atoms with Crippen molar-refractivity contribution < 1.29 is 14.3 Å². The number of ether oxygens (including phenoxy) is 1. The first-order chi connectivity index (χ1) is 12.1. The number of nitrogens with two attached hydrogens (primary N) is 1. The van der Waals surface area contributed by atoms with Crippen molar-refractivity contribution in [3.63, 3.8) is 0 Å². The van der Waals surface area contributed by atoms with E-state index in [0.717, 1.165) is 5.56 Å².